The van der Waals surface area contributed by atoms with E-state index < -0.39 is 6.23 Å². The molecule has 0 radical (unpaired) electrons. The minimum absolute atomic E-state index is 0.147. The molecule has 3 rings (SSSR count). The highest BCUT2D eigenvalue weighted by atomic mass is 16.5. The van der Waals surface area contributed by atoms with Crippen LogP contribution >= 0.6 is 0 Å². The number of rotatable bonds is 1. The summed E-state index contributed by atoms with van der Waals surface area (Å²) in [5.74, 6) is 1.82. The number of aryl methyl sites for hydroxylation is 1. The van der Waals surface area contributed by atoms with Gasteiger partial charge in [0.05, 0.1) is 5.56 Å². The first-order chi connectivity index (χ1) is 8.24. The number of furan rings is 1. The van der Waals surface area contributed by atoms with Crippen molar-refractivity contribution in [3.05, 3.63) is 53.5 Å². The molecule has 0 aliphatic carbocycles. The Bertz CT molecular complexity index is 574. The van der Waals surface area contributed by atoms with Gasteiger partial charge in [-0.15, -0.1) is 0 Å². The van der Waals surface area contributed by atoms with E-state index in [4.69, 9.17) is 9.15 Å². The highest BCUT2D eigenvalue weighted by molar-refractivity contribution is 5.97. The topological polar surface area (TPSA) is 51.5 Å². The lowest BCUT2D eigenvalue weighted by Crippen LogP contribution is -2.36. The summed E-state index contributed by atoms with van der Waals surface area (Å²) in [6, 6.07) is 10.8. The maximum absolute atomic E-state index is 11.8. The van der Waals surface area contributed by atoms with Gasteiger partial charge in [0.1, 0.15) is 11.5 Å². The first kappa shape index (κ1) is 9.96. The fourth-order valence-electron chi connectivity index (χ4n) is 1.83. The summed E-state index contributed by atoms with van der Waals surface area (Å²) >= 11 is 0. The van der Waals surface area contributed by atoms with Crippen molar-refractivity contribution in [2.75, 3.05) is 0 Å². The van der Waals surface area contributed by atoms with Crippen LogP contribution < -0.4 is 10.1 Å². The molecule has 4 heteroatoms. The number of nitrogens with one attached hydrogen (secondary N) is 1. The Kier molecular flexibility index (Phi) is 2.14. The Morgan fingerprint density at radius 3 is 2.76 bits per heavy atom. The van der Waals surface area contributed by atoms with E-state index in [1.165, 1.54) is 0 Å². The number of amides is 1. The molecule has 1 aliphatic rings. The molecule has 1 amide bonds. The van der Waals surface area contributed by atoms with Crippen molar-refractivity contribution >= 4 is 5.91 Å². The highest BCUT2D eigenvalue weighted by Gasteiger charge is 2.27. The van der Waals surface area contributed by atoms with Gasteiger partial charge in [-0.2, -0.15) is 0 Å². The molecule has 4 nitrogen and oxygen atoms in total. The van der Waals surface area contributed by atoms with E-state index in [9.17, 15) is 4.79 Å². The second-order valence-corrected chi connectivity index (χ2v) is 3.92. The maximum Gasteiger partial charge on any atom is 0.258 e. The zero-order valence-corrected chi connectivity index (χ0v) is 9.27. The number of ether oxygens (including phenoxy) is 1. The standard InChI is InChI=1S/C13H11NO3/c1-8-6-7-11(16-8)13-14-12(15)9-4-2-3-5-10(9)17-13/h2-7,13H,1H3,(H,14,15)/t13-/m1/s1. The molecular weight excluding hydrogens is 218 g/mol. The quantitative estimate of drug-likeness (QED) is 0.816. The molecule has 0 saturated carbocycles. The summed E-state index contributed by atoms with van der Waals surface area (Å²) in [7, 11) is 0. The Balaban J connectivity index is 1.96. The first-order valence-electron chi connectivity index (χ1n) is 5.37. The molecule has 2 aromatic rings. The number of para-hydroxylation sites is 1. The third kappa shape index (κ3) is 1.67. The van der Waals surface area contributed by atoms with Gasteiger partial charge in [-0.25, -0.2) is 0 Å². The van der Waals surface area contributed by atoms with Crippen LogP contribution in [-0.2, 0) is 0 Å². The van der Waals surface area contributed by atoms with E-state index in [-0.39, 0.29) is 5.91 Å². The van der Waals surface area contributed by atoms with Crippen LogP contribution in [0.15, 0.2) is 40.8 Å². The van der Waals surface area contributed by atoms with Crippen molar-refractivity contribution in [2.24, 2.45) is 0 Å². The smallest absolute Gasteiger partial charge is 0.258 e. The third-order valence-electron chi connectivity index (χ3n) is 2.66. The van der Waals surface area contributed by atoms with Crippen molar-refractivity contribution in [2.45, 2.75) is 13.2 Å². The van der Waals surface area contributed by atoms with Gasteiger partial charge in [-0.05, 0) is 31.2 Å². The number of hydrogen-bond acceptors (Lipinski definition) is 3. The lowest BCUT2D eigenvalue weighted by molar-refractivity contribution is 0.0705. The number of hydrogen-bond donors (Lipinski definition) is 1. The highest BCUT2D eigenvalue weighted by Crippen LogP contribution is 2.29. The molecule has 1 aromatic carbocycles. The van der Waals surface area contributed by atoms with Gasteiger partial charge in [0.25, 0.3) is 5.91 Å². The molecule has 2 heterocycles. The van der Waals surface area contributed by atoms with Gasteiger partial charge in [0, 0.05) is 0 Å². The van der Waals surface area contributed by atoms with Gasteiger partial charge >= 0.3 is 0 Å². The summed E-state index contributed by atoms with van der Waals surface area (Å²) in [5, 5.41) is 2.75. The van der Waals surface area contributed by atoms with Gasteiger partial charge in [0.2, 0.25) is 6.23 Å². The van der Waals surface area contributed by atoms with E-state index in [2.05, 4.69) is 5.32 Å². The van der Waals surface area contributed by atoms with Crippen molar-refractivity contribution in [1.82, 2.24) is 5.32 Å². The van der Waals surface area contributed by atoms with Crippen LogP contribution in [0.2, 0.25) is 0 Å². The number of fused-ring (bicyclic) bond motifs is 1. The second kappa shape index (κ2) is 3.66. The second-order valence-electron chi connectivity index (χ2n) is 3.92. The molecular formula is C13H11NO3. The number of carbonyl (C=O) groups is 1. The molecule has 1 atom stereocenters. The molecule has 1 aromatic heterocycles. The molecule has 0 unspecified atom stereocenters. The molecule has 17 heavy (non-hydrogen) atoms. The van der Waals surface area contributed by atoms with Crippen molar-refractivity contribution in [3.63, 3.8) is 0 Å². The third-order valence-corrected chi connectivity index (χ3v) is 2.66. The van der Waals surface area contributed by atoms with Crippen LogP contribution in [-0.4, -0.2) is 5.91 Å². The average molecular weight is 229 g/mol. The first-order valence-corrected chi connectivity index (χ1v) is 5.37. The lowest BCUT2D eigenvalue weighted by Gasteiger charge is -2.25. The van der Waals surface area contributed by atoms with Crippen LogP contribution in [0.4, 0.5) is 0 Å². The zero-order valence-electron chi connectivity index (χ0n) is 9.27. The lowest BCUT2D eigenvalue weighted by atomic mass is 10.1. The van der Waals surface area contributed by atoms with Crippen molar-refractivity contribution in [1.29, 1.82) is 0 Å². The van der Waals surface area contributed by atoms with E-state index in [0.29, 0.717) is 17.1 Å². The van der Waals surface area contributed by atoms with Crippen LogP contribution in [0.3, 0.4) is 0 Å². The van der Waals surface area contributed by atoms with Gasteiger partial charge < -0.3 is 14.5 Å². The van der Waals surface area contributed by atoms with E-state index in [1.54, 1.807) is 24.3 Å². The van der Waals surface area contributed by atoms with E-state index >= 15 is 0 Å². The summed E-state index contributed by atoms with van der Waals surface area (Å²) in [6.07, 6.45) is -0.550. The normalized spacial score (nSPS) is 18.2. The Labute approximate surface area is 98.2 Å². The molecule has 1 aliphatic heterocycles. The van der Waals surface area contributed by atoms with E-state index in [1.807, 2.05) is 19.1 Å². The van der Waals surface area contributed by atoms with Crippen LogP contribution in [0.1, 0.15) is 28.1 Å². The Hall–Kier alpha value is -2.23. The molecule has 0 bridgehead atoms. The summed E-state index contributed by atoms with van der Waals surface area (Å²) in [4.78, 5) is 11.8. The molecule has 1 N–H and O–H groups in total. The van der Waals surface area contributed by atoms with Crippen molar-refractivity contribution in [3.8, 4) is 5.75 Å². The predicted molar refractivity (Wildman–Crippen MR) is 60.7 cm³/mol. The fraction of sp³-hybridized carbons (Fsp3) is 0.154. The maximum atomic E-state index is 11.8. The summed E-state index contributed by atoms with van der Waals surface area (Å²) in [5.41, 5.74) is 0.548. The fourth-order valence-corrected chi connectivity index (χ4v) is 1.83. The van der Waals surface area contributed by atoms with Crippen LogP contribution in [0.5, 0.6) is 5.75 Å². The molecule has 0 fully saturated rings. The van der Waals surface area contributed by atoms with Gasteiger partial charge in [-0.1, -0.05) is 12.1 Å². The predicted octanol–water partition coefficient (Wildman–Crippen LogP) is 2.41. The molecule has 0 saturated heterocycles. The monoisotopic (exact) mass is 229 g/mol. The summed E-state index contributed by atoms with van der Waals surface area (Å²) in [6.45, 7) is 1.85. The molecule has 86 valence electrons. The number of carbonyl (C=O) groups excluding carboxylic acids is 1. The summed E-state index contributed by atoms with van der Waals surface area (Å²) < 4.78 is 11.1. The minimum atomic E-state index is -0.550. The van der Waals surface area contributed by atoms with Crippen LogP contribution in [0, 0.1) is 6.92 Å². The molecule has 0 spiro atoms. The minimum Gasteiger partial charge on any atom is -0.462 e. The largest absolute Gasteiger partial charge is 0.462 e. The van der Waals surface area contributed by atoms with E-state index in [0.717, 1.165) is 5.76 Å². The number of benzene rings is 1. The Morgan fingerprint density at radius 2 is 2.00 bits per heavy atom. The Morgan fingerprint density at radius 1 is 1.18 bits per heavy atom. The SMILES string of the molecule is Cc1ccc([C@@H]2NC(=O)c3ccccc3O2)o1. The van der Waals surface area contributed by atoms with Crippen LogP contribution in [0.25, 0.3) is 0 Å². The zero-order chi connectivity index (χ0) is 11.8. The van der Waals surface area contributed by atoms with Gasteiger partial charge in [0.15, 0.2) is 5.76 Å². The van der Waals surface area contributed by atoms with Gasteiger partial charge in [-0.3, -0.25) is 4.79 Å². The van der Waals surface area contributed by atoms with Crippen molar-refractivity contribution < 1.29 is 13.9 Å². The average Bonchev–Trinajstić information content (AvgIpc) is 2.76.